The molecule has 0 aromatic rings. The Morgan fingerprint density at radius 3 is 2.20 bits per heavy atom. The zero-order chi connectivity index (χ0) is 11.0. The molecule has 2 heterocycles. The number of hydrogen-bond acceptors (Lipinski definition) is 2. The lowest BCUT2D eigenvalue weighted by molar-refractivity contribution is 0.0607. The molecule has 2 aliphatic heterocycles. The molecule has 0 aliphatic carbocycles. The van der Waals surface area contributed by atoms with Gasteiger partial charge in [-0.15, -0.1) is 0 Å². The third-order valence-electron chi connectivity index (χ3n) is 4.54. The summed E-state index contributed by atoms with van der Waals surface area (Å²) < 4.78 is 0. The molecule has 1 N–H and O–H groups in total. The van der Waals surface area contributed by atoms with Gasteiger partial charge in [-0.25, -0.2) is 0 Å². The lowest BCUT2D eigenvalue weighted by atomic mass is 9.84. The molecule has 2 fully saturated rings. The van der Waals surface area contributed by atoms with Gasteiger partial charge in [-0.2, -0.15) is 0 Å². The highest BCUT2D eigenvalue weighted by Crippen LogP contribution is 2.39. The monoisotopic (exact) mass is 211 g/mol. The third-order valence-corrected chi connectivity index (χ3v) is 4.54. The first-order valence-corrected chi connectivity index (χ1v) is 6.48. The Hall–Kier alpha value is -0.0800. The van der Waals surface area contributed by atoms with Gasteiger partial charge in [0.25, 0.3) is 0 Å². The second-order valence-electron chi connectivity index (χ2n) is 5.93. The Morgan fingerprint density at radius 2 is 1.73 bits per heavy atom. The van der Waals surface area contributed by atoms with E-state index < -0.39 is 0 Å². The van der Waals surface area contributed by atoms with Crippen LogP contribution in [0.1, 0.15) is 46.0 Å². The molecule has 15 heavy (non-hydrogen) atoms. The molecule has 0 spiro atoms. The summed E-state index contributed by atoms with van der Waals surface area (Å²) in [4.78, 5) is 2.57. The van der Waals surface area contributed by atoms with Crippen LogP contribution in [0.4, 0.5) is 0 Å². The summed E-state index contributed by atoms with van der Waals surface area (Å²) in [5.74, 6) is 1.19. The SMILES string of the molecule is CC(C)C(O)CC1C[C@H]2CC[C@@H](C1)N2C. The van der Waals surface area contributed by atoms with Crippen molar-refractivity contribution in [1.29, 1.82) is 0 Å². The molecule has 0 aromatic carbocycles. The van der Waals surface area contributed by atoms with Crippen LogP contribution in [0, 0.1) is 11.8 Å². The zero-order valence-electron chi connectivity index (χ0n) is 10.3. The van der Waals surface area contributed by atoms with Gasteiger partial charge in [0, 0.05) is 12.1 Å². The van der Waals surface area contributed by atoms with E-state index in [1.165, 1.54) is 25.7 Å². The van der Waals surface area contributed by atoms with Gasteiger partial charge in [-0.1, -0.05) is 13.8 Å². The standard InChI is InChI=1S/C13H25NO/c1-9(2)13(15)8-10-6-11-4-5-12(7-10)14(11)3/h9-13,15H,4-8H2,1-3H3/t10?,11-,12+,13?. The number of hydrogen-bond donors (Lipinski definition) is 1. The van der Waals surface area contributed by atoms with E-state index >= 15 is 0 Å². The first-order valence-electron chi connectivity index (χ1n) is 6.48. The molecule has 0 saturated carbocycles. The fourth-order valence-corrected chi connectivity index (χ4v) is 3.33. The van der Waals surface area contributed by atoms with Crippen LogP contribution in [0.5, 0.6) is 0 Å². The first-order chi connectivity index (χ1) is 7.08. The molecule has 2 saturated heterocycles. The summed E-state index contributed by atoms with van der Waals surface area (Å²) in [6.45, 7) is 4.24. The predicted molar refractivity (Wildman–Crippen MR) is 62.8 cm³/mol. The summed E-state index contributed by atoms with van der Waals surface area (Å²) in [7, 11) is 2.28. The van der Waals surface area contributed by atoms with E-state index in [0.717, 1.165) is 24.4 Å². The van der Waals surface area contributed by atoms with Gasteiger partial charge in [-0.3, -0.25) is 0 Å². The Balaban J connectivity index is 1.86. The number of nitrogens with zero attached hydrogens (tertiary/aromatic N) is 1. The van der Waals surface area contributed by atoms with Crippen molar-refractivity contribution in [1.82, 2.24) is 4.90 Å². The second kappa shape index (κ2) is 4.42. The molecular formula is C13H25NO. The van der Waals surface area contributed by atoms with Crippen LogP contribution in [0.25, 0.3) is 0 Å². The molecule has 2 bridgehead atoms. The molecule has 0 amide bonds. The third kappa shape index (κ3) is 2.36. The molecule has 88 valence electrons. The summed E-state index contributed by atoms with van der Waals surface area (Å²) in [5, 5.41) is 9.92. The molecule has 0 aromatic heterocycles. The van der Waals surface area contributed by atoms with Crippen LogP contribution in [0.15, 0.2) is 0 Å². The Morgan fingerprint density at radius 1 is 1.20 bits per heavy atom. The molecular weight excluding hydrogens is 186 g/mol. The Bertz CT molecular complexity index is 203. The zero-order valence-corrected chi connectivity index (χ0v) is 10.3. The minimum absolute atomic E-state index is 0.0854. The van der Waals surface area contributed by atoms with Crippen LogP contribution in [0.3, 0.4) is 0 Å². The van der Waals surface area contributed by atoms with Crippen molar-refractivity contribution < 1.29 is 5.11 Å². The highest BCUT2D eigenvalue weighted by Gasteiger charge is 2.38. The average molecular weight is 211 g/mol. The molecule has 2 unspecified atom stereocenters. The van der Waals surface area contributed by atoms with Crippen LogP contribution in [-0.4, -0.2) is 35.2 Å². The summed E-state index contributed by atoms with van der Waals surface area (Å²) in [6.07, 6.45) is 6.34. The predicted octanol–water partition coefficient (Wildman–Crippen LogP) is 2.27. The van der Waals surface area contributed by atoms with E-state index in [4.69, 9.17) is 0 Å². The highest BCUT2D eigenvalue weighted by atomic mass is 16.3. The number of piperidine rings is 1. The Kier molecular flexibility index (Phi) is 3.36. The van der Waals surface area contributed by atoms with Crippen molar-refractivity contribution in [3.05, 3.63) is 0 Å². The number of aliphatic hydroxyl groups excluding tert-OH is 1. The molecule has 2 rings (SSSR count). The first kappa shape index (κ1) is 11.4. The second-order valence-corrected chi connectivity index (χ2v) is 5.93. The van der Waals surface area contributed by atoms with Gasteiger partial charge in [0.1, 0.15) is 0 Å². The maximum atomic E-state index is 9.92. The lowest BCUT2D eigenvalue weighted by Gasteiger charge is -2.37. The number of rotatable bonds is 3. The van der Waals surface area contributed by atoms with E-state index in [9.17, 15) is 5.11 Å². The maximum Gasteiger partial charge on any atom is 0.0565 e. The van der Waals surface area contributed by atoms with Gasteiger partial charge in [-0.05, 0) is 51.0 Å². The normalized spacial score (nSPS) is 38.6. The van der Waals surface area contributed by atoms with E-state index in [-0.39, 0.29) is 6.10 Å². The van der Waals surface area contributed by atoms with Crippen LogP contribution < -0.4 is 0 Å². The van der Waals surface area contributed by atoms with Gasteiger partial charge in [0.15, 0.2) is 0 Å². The fraction of sp³-hybridized carbons (Fsp3) is 1.00. The minimum Gasteiger partial charge on any atom is -0.393 e. The van der Waals surface area contributed by atoms with Gasteiger partial charge in [0.2, 0.25) is 0 Å². The van der Waals surface area contributed by atoms with E-state index in [1.807, 2.05) is 0 Å². The van der Waals surface area contributed by atoms with Crippen LogP contribution >= 0.6 is 0 Å². The number of fused-ring (bicyclic) bond motifs is 2. The molecule has 4 atom stereocenters. The largest absolute Gasteiger partial charge is 0.393 e. The van der Waals surface area contributed by atoms with Gasteiger partial charge < -0.3 is 10.0 Å². The summed E-state index contributed by atoms with van der Waals surface area (Å²) in [5.41, 5.74) is 0. The van der Waals surface area contributed by atoms with Crippen molar-refractivity contribution in [2.45, 2.75) is 64.1 Å². The van der Waals surface area contributed by atoms with Crippen molar-refractivity contribution in [3.8, 4) is 0 Å². The lowest BCUT2D eigenvalue weighted by Crippen LogP contribution is -2.40. The van der Waals surface area contributed by atoms with Crippen LogP contribution in [-0.2, 0) is 0 Å². The highest BCUT2D eigenvalue weighted by molar-refractivity contribution is 4.93. The van der Waals surface area contributed by atoms with E-state index in [0.29, 0.717) is 5.92 Å². The Labute approximate surface area is 93.7 Å². The van der Waals surface area contributed by atoms with E-state index in [2.05, 4.69) is 25.8 Å². The quantitative estimate of drug-likeness (QED) is 0.774. The fourth-order valence-electron chi connectivity index (χ4n) is 3.33. The summed E-state index contributed by atoms with van der Waals surface area (Å²) >= 11 is 0. The van der Waals surface area contributed by atoms with Crippen molar-refractivity contribution in [3.63, 3.8) is 0 Å². The topological polar surface area (TPSA) is 23.5 Å². The van der Waals surface area contributed by atoms with Crippen molar-refractivity contribution >= 4 is 0 Å². The number of aliphatic hydroxyl groups is 1. The summed E-state index contributed by atoms with van der Waals surface area (Å²) in [6, 6.07) is 1.63. The van der Waals surface area contributed by atoms with E-state index in [1.54, 1.807) is 0 Å². The smallest absolute Gasteiger partial charge is 0.0565 e. The van der Waals surface area contributed by atoms with Crippen molar-refractivity contribution in [2.75, 3.05) is 7.05 Å². The molecule has 2 nitrogen and oxygen atoms in total. The minimum atomic E-state index is -0.0854. The molecule has 0 radical (unpaired) electrons. The van der Waals surface area contributed by atoms with Gasteiger partial charge in [0.05, 0.1) is 6.10 Å². The molecule has 2 aliphatic rings. The van der Waals surface area contributed by atoms with Crippen molar-refractivity contribution in [2.24, 2.45) is 11.8 Å². The van der Waals surface area contributed by atoms with Crippen LogP contribution in [0.2, 0.25) is 0 Å². The average Bonchev–Trinajstić information content (AvgIpc) is 2.41. The molecule has 2 heteroatoms. The maximum absolute atomic E-state index is 9.92. The van der Waals surface area contributed by atoms with Gasteiger partial charge >= 0.3 is 0 Å².